The molecule has 0 aromatic rings. The van der Waals surface area contributed by atoms with E-state index in [1.165, 1.54) is 5.57 Å². The standard InChI is InChI=1S/C11H15BO3/c1-6-7-4-10(5-13-2)11(7,14-3)8(6)9(12)15-10/h7-9H,1,4-5H2,2-3H3/t7?,8?,9-,10-,11?/m1/s1. The third kappa shape index (κ3) is 0.757. The monoisotopic (exact) mass is 206 g/mol. The Morgan fingerprint density at radius 3 is 2.93 bits per heavy atom. The van der Waals surface area contributed by atoms with Gasteiger partial charge in [0.05, 0.1) is 6.61 Å². The Kier molecular flexibility index (Phi) is 1.76. The van der Waals surface area contributed by atoms with Gasteiger partial charge in [0, 0.05) is 32.1 Å². The van der Waals surface area contributed by atoms with E-state index in [4.69, 9.17) is 22.1 Å². The van der Waals surface area contributed by atoms with Gasteiger partial charge in [0.25, 0.3) is 0 Å². The largest absolute Gasteiger partial charge is 0.382 e. The molecule has 2 saturated carbocycles. The SMILES string of the molecule is [B][C@@H]1O[C@@]2(COC)CC3C(=C)C1C32OC. The molecule has 0 bridgehead atoms. The van der Waals surface area contributed by atoms with Crippen molar-refractivity contribution in [2.45, 2.75) is 23.6 Å². The maximum absolute atomic E-state index is 5.99. The second-order valence-corrected chi connectivity index (χ2v) is 4.82. The molecule has 3 aliphatic rings. The molecule has 3 rings (SSSR count). The van der Waals surface area contributed by atoms with Gasteiger partial charge in [-0.05, 0) is 6.42 Å². The first-order valence-corrected chi connectivity index (χ1v) is 5.29. The Morgan fingerprint density at radius 1 is 1.60 bits per heavy atom. The molecule has 0 amide bonds. The number of methoxy groups -OCH3 is 2. The molecule has 0 aromatic heterocycles. The van der Waals surface area contributed by atoms with Crippen molar-refractivity contribution < 1.29 is 14.2 Å². The van der Waals surface area contributed by atoms with Crippen LogP contribution in [0.1, 0.15) is 6.42 Å². The fourth-order valence-electron chi connectivity index (χ4n) is 3.95. The normalized spacial score (nSPS) is 55.9. The van der Waals surface area contributed by atoms with Crippen molar-refractivity contribution >= 4 is 7.85 Å². The van der Waals surface area contributed by atoms with E-state index in [1.807, 2.05) is 0 Å². The summed E-state index contributed by atoms with van der Waals surface area (Å²) in [5, 5.41) is 0. The summed E-state index contributed by atoms with van der Waals surface area (Å²) in [6, 6.07) is -0.286. The van der Waals surface area contributed by atoms with E-state index >= 15 is 0 Å². The lowest BCUT2D eigenvalue weighted by atomic mass is 9.40. The predicted octanol–water partition coefficient (Wildman–Crippen LogP) is 0.487. The summed E-state index contributed by atoms with van der Waals surface area (Å²) in [5.41, 5.74) is 0.611. The van der Waals surface area contributed by atoms with Gasteiger partial charge in [0.15, 0.2) is 0 Å². The fourth-order valence-corrected chi connectivity index (χ4v) is 3.95. The molecule has 4 heteroatoms. The number of hydrogen-bond donors (Lipinski definition) is 0. The molecule has 2 radical (unpaired) electrons. The van der Waals surface area contributed by atoms with Gasteiger partial charge in [-0.25, -0.2) is 0 Å². The maximum Gasteiger partial charge on any atom is 0.121 e. The Morgan fingerprint density at radius 2 is 2.33 bits per heavy atom. The van der Waals surface area contributed by atoms with Crippen molar-refractivity contribution in [2.24, 2.45) is 11.8 Å². The minimum absolute atomic E-state index is 0.149. The zero-order valence-corrected chi connectivity index (χ0v) is 9.16. The van der Waals surface area contributed by atoms with Gasteiger partial charge in [0.1, 0.15) is 19.0 Å². The zero-order chi connectivity index (χ0) is 10.8. The summed E-state index contributed by atoms with van der Waals surface area (Å²) >= 11 is 0. The summed E-state index contributed by atoms with van der Waals surface area (Å²) in [7, 11) is 9.40. The summed E-state index contributed by atoms with van der Waals surface area (Å²) in [6.45, 7) is 4.63. The molecule has 3 nitrogen and oxygen atoms in total. The highest BCUT2D eigenvalue weighted by atomic mass is 16.6. The molecule has 2 aliphatic carbocycles. The van der Waals surface area contributed by atoms with Crippen LogP contribution in [-0.2, 0) is 14.2 Å². The zero-order valence-electron chi connectivity index (χ0n) is 9.16. The smallest absolute Gasteiger partial charge is 0.121 e. The Balaban J connectivity index is 1.99. The van der Waals surface area contributed by atoms with Crippen molar-refractivity contribution in [3.63, 3.8) is 0 Å². The first kappa shape index (κ1) is 9.88. The van der Waals surface area contributed by atoms with E-state index in [0.717, 1.165) is 6.42 Å². The molecule has 1 aliphatic heterocycles. The summed E-state index contributed by atoms with van der Waals surface area (Å²) < 4.78 is 16.8. The minimum Gasteiger partial charge on any atom is -0.382 e. The Labute approximate surface area is 91.2 Å². The fraction of sp³-hybridized carbons (Fsp3) is 0.818. The molecule has 15 heavy (non-hydrogen) atoms. The highest BCUT2D eigenvalue weighted by molar-refractivity contribution is 6.12. The lowest BCUT2D eigenvalue weighted by Crippen LogP contribution is -2.78. The summed E-state index contributed by atoms with van der Waals surface area (Å²) in [4.78, 5) is 0. The molecule has 0 spiro atoms. The first-order valence-electron chi connectivity index (χ1n) is 5.29. The Hall–Kier alpha value is -0.315. The van der Waals surface area contributed by atoms with E-state index in [-0.39, 0.29) is 23.1 Å². The van der Waals surface area contributed by atoms with Gasteiger partial charge in [-0.2, -0.15) is 0 Å². The van der Waals surface area contributed by atoms with Crippen LogP contribution in [0.4, 0.5) is 0 Å². The summed E-state index contributed by atoms with van der Waals surface area (Å²) in [5.74, 6) is 0.563. The van der Waals surface area contributed by atoms with Gasteiger partial charge < -0.3 is 14.2 Å². The van der Waals surface area contributed by atoms with Crippen LogP contribution in [0.3, 0.4) is 0 Å². The van der Waals surface area contributed by atoms with Crippen LogP contribution in [0.25, 0.3) is 0 Å². The molecule has 3 unspecified atom stereocenters. The van der Waals surface area contributed by atoms with Crippen molar-refractivity contribution in [1.82, 2.24) is 0 Å². The maximum atomic E-state index is 5.99. The highest BCUT2D eigenvalue weighted by Gasteiger charge is 2.83. The van der Waals surface area contributed by atoms with Crippen LogP contribution >= 0.6 is 0 Å². The molecule has 3 fully saturated rings. The minimum atomic E-state index is -0.327. The van der Waals surface area contributed by atoms with E-state index in [9.17, 15) is 0 Å². The third-order valence-electron chi connectivity index (χ3n) is 4.48. The third-order valence-corrected chi connectivity index (χ3v) is 4.48. The van der Waals surface area contributed by atoms with Crippen molar-refractivity contribution in [1.29, 1.82) is 0 Å². The van der Waals surface area contributed by atoms with E-state index in [0.29, 0.717) is 12.5 Å². The van der Waals surface area contributed by atoms with Crippen LogP contribution in [0.15, 0.2) is 12.2 Å². The average molecular weight is 206 g/mol. The number of hydrogen-bond acceptors (Lipinski definition) is 3. The van der Waals surface area contributed by atoms with E-state index in [1.54, 1.807) is 14.2 Å². The molecular weight excluding hydrogens is 191 g/mol. The van der Waals surface area contributed by atoms with Crippen LogP contribution < -0.4 is 0 Å². The van der Waals surface area contributed by atoms with Crippen molar-refractivity contribution in [3.8, 4) is 0 Å². The molecule has 0 N–H and O–H groups in total. The second kappa shape index (κ2) is 2.68. The molecule has 0 aromatic carbocycles. The average Bonchev–Trinajstić information content (AvgIpc) is 2.28. The Bertz CT molecular complexity index is 332. The lowest BCUT2D eigenvalue weighted by molar-refractivity contribution is -0.284. The topological polar surface area (TPSA) is 27.7 Å². The quantitative estimate of drug-likeness (QED) is 0.496. The van der Waals surface area contributed by atoms with E-state index < -0.39 is 0 Å². The van der Waals surface area contributed by atoms with E-state index in [2.05, 4.69) is 6.58 Å². The van der Waals surface area contributed by atoms with Crippen LogP contribution in [0.5, 0.6) is 0 Å². The molecule has 1 heterocycles. The van der Waals surface area contributed by atoms with Gasteiger partial charge >= 0.3 is 0 Å². The van der Waals surface area contributed by atoms with Crippen LogP contribution in [0, 0.1) is 11.8 Å². The van der Waals surface area contributed by atoms with Crippen LogP contribution in [-0.4, -0.2) is 45.9 Å². The molecule has 1 saturated heterocycles. The highest BCUT2D eigenvalue weighted by Crippen LogP contribution is 2.73. The van der Waals surface area contributed by atoms with Gasteiger partial charge in [-0.15, -0.1) is 0 Å². The van der Waals surface area contributed by atoms with Gasteiger partial charge in [-0.1, -0.05) is 12.2 Å². The van der Waals surface area contributed by atoms with Crippen molar-refractivity contribution in [3.05, 3.63) is 12.2 Å². The molecular formula is C11H15BO3. The number of rotatable bonds is 3. The number of ether oxygens (including phenoxy) is 3. The molecule has 80 valence electrons. The van der Waals surface area contributed by atoms with Gasteiger partial charge in [-0.3, -0.25) is 0 Å². The first-order chi connectivity index (χ1) is 7.13. The lowest BCUT2D eigenvalue weighted by Gasteiger charge is -2.68. The molecule has 5 atom stereocenters. The second-order valence-electron chi connectivity index (χ2n) is 4.82. The van der Waals surface area contributed by atoms with Crippen molar-refractivity contribution in [2.75, 3.05) is 20.8 Å². The van der Waals surface area contributed by atoms with Crippen LogP contribution in [0.2, 0.25) is 0 Å². The van der Waals surface area contributed by atoms with Gasteiger partial charge in [0.2, 0.25) is 0 Å². The predicted molar refractivity (Wildman–Crippen MR) is 55.7 cm³/mol. The summed E-state index contributed by atoms with van der Waals surface area (Å²) in [6.07, 6.45) is 0.928.